The molecule has 6 atom stereocenters. The summed E-state index contributed by atoms with van der Waals surface area (Å²) in [7, 11) is 0. The van der Waals surface area contributed by atoms with Crippen LogP contribution >= 0.6 is 0 Å². The Bertz CT molecular complexity index is 528. The minimum absolute atomic E-state index is 0.00170. The molecule has 5 N–H and O–H groups in total. The summed E-state index contributed by atoms with van der Waals surface area (Å²) in [6.45, 7) is 3.49. The first kappa shape index (κ1) is 19.3. The van der Waals surface area contributed by atoms with Crippen LogP contribution in [0.25, 0.3) is 0 Å². The zero-order valence-electron chi connectivity index (χ0n) is 15.5. The second-order valence-corrected chi connectivity index (χ2v) is 9.24. The van der Waals surface area contributed by atoms with Gasteiger partial charge in [-0.2, -0.15) is 0 Å². The summed E-state index contributed by atoms with van der Waals surface area (Å²) in [5.74, 6) is 0.514. The van der Waals surface area contributed by atoms with E-state index in [9.17, 15) is 25.5 Å². The molecular formula is C20H34O5. The highest BCUT2D eigenvalue weighted by Gasteiger charge is 2.58. The summed E-state index contributed by atoms with van der Waals surface area (Å²) < 4.78 is 0. The average Bonchev–Trinajstić information content (AvgIpc) is 2.64. The van der Waals surface area contributed by atoms with Crippen LogP contribution in [0.5, 0.6) is 0 Å². The van der Waals surface area contributed by atoms with Gasteiger partial charge in [0.2, 0.25) is 0 Å². The van der Waals surface area contributed by atoms with Crippen molar-refractivity contribution < 1.29 is 25.5 Å². The molecule has 3 rings (SSSR count). The fourth-order valence-electron chi connectivity index (χ4n) is 6.21. The SMILES string of the molecule is C[C@@]1(CO)[C@H]2CC=C3C[C@H](C(O)(CO)CO)CC[C@H]3[C@]2(C)CC[C@H]1O. The lowest BCUT2D eigenvalue weighted by Gasteiger charge is -2.60. The third-order valence-corrected chi connectivity index (χ3v) is 8.10. The number of rotatable bonds is 4. The molecule has 0 aliphatic heterocycles. The van der Waals surface area contributed by atoms with Crippen molar-refractivity contribution in [2.45, 2.75) is 64.1 Å². The molecule has 25 heavy (non-hydrogen) atoms. The second kappa shape index (κ2) is 6.61. The topological polar surface area (TPSA) is 101 Å². The van der Waals surface area contributed by atoms with Crippen LogP contribution in [-0.2, 0) is 0 Å². The minimum Gasteiger partial charge on any atom is -0.396 e. The van der Waals surface area contributed by atoms with Gasteiger partial charge in [0.05, 0.1) is 25.9 Å². The molecule has 144 valence electrons. The smallest absolute Gasteiger partial charge is 0.114 e. The molecule has 0 aromatic heterocycles. The second-order valence-electron chi connectivity index (χ2n) is 9.24. The van der Waals surface area contributed by atoms with E-state index in [1.807, 2.05) is 6.92 Å². The molecule has 3 aliphatic rings. The summed E-state index contributed by atoms with van der Waals surface area (Å²) in [5.41, 5.74) is -0.510. The lowest BCUT2D eigenvalue weighted by Crippen LogP contribution is -2.58. The van der Waals surface area contributed by atoms with E-state index in [4.69, 9.17) is 0 Å². The molecule has 0 aromatic rings. The van der Waals surface area contributed by atoms with Gasteiger partial charge < -0.3 is 25.5 Å². The Kier molecular flexibility index (Phi) is 5.10. The van der Waals surface area contributed by atoms with Crippen LogP contribution in [0.4, 0.5) is 0 Å². The molecular weight excluding hydrogens is 320 g/mol. The minimum atomic E-state index is -1.41. The average molecular weight is 354 g/mol. The highest BCUT2D eigenvalue weighted by Crippen LogP contribution is 2.62. The van der Waals surface area contributed by atoms with Gasteiger partial charge in [0, 0.05) is 5.41 Å². The molecule has 5 heteroatoms. The molecule has 5 nitrogen and oxygen atoms in total. The maximum atomic E-state index is 10.5. The molecule has 0 spiro atoms. The van der Waals surface area contributed by atoms with Gasteiger partial charge in [-0.25, -0.2) is 0 Å². The van der Waals surface area contributed by atoms with Crippen molar-refractivity contribution in [1.82, 2.24) is 0 Å². The van der Waals surface area contributed by atoms with Crippen LogP contribution < -0.4 is 0 Å². The van der Waals surface area contributed by atoms with E-state index < -0.39 is 30.3 Å². The molecule has 0 bridgehead atoms. The van der Waals surface area contributed by atoms with Crippen molar-refractivity contribution >= 4 is 0 Å². The zero-order valence-corrected chi connectivity index (χ0v) is 15.5. The number of allylic oxidation sites excluding steroid dienone is 2. The molecule has 2 fully saturated rings. The van der Waals surface area contributed by atoms with Gasteiger partial charge in [0.25, 0.3) is 0 Å². The van der Waals surface area contributed by atoms with Gasteiger partial charge in [0.15, 0.2) is 0 Å². The summed E-state index contributed by atoms with van der Waals surface area (Å²) in [4.78, 5) is 0. The van der Waals surface area contributed by atoms with Crippen molar-refractivity contribution in [3.63, 3.8) is 0 Å². The van der Waals surface area contributed by atoms with Crippen LogP contribution in [0.1, 0.15) is 52.4 Å². The summed E-state index contributed by atoms with van der Waals surface area (Å²) >= 11 is 0. The van der Waals surface area contributed by atoms with Crippen LogP contribution in [0.3, 0.4) is 0 Å². The van der Waals surface area contributed by atoms with Crippen LogP contribution in [0, 0.1) is 28.6 Å². The maximum absolute atomic E-state index is 10.5. The van der Waals surface area contributed by atoms with Crippen molar-refractivity contribution in [1.29, 1.82) is 0 Å². The number of aliphatic hydroxyl groups is 5. The fraction of sp³-hybridized carbons (Fsp3) is 0.900. The Labute approximate surface area is 150 Å². The molecule has 0 amide bonds. The normalized spacial score (nSPS) is 44.7. The van der Waals surface area contributed by atoms with Gasteiger partial charge in [-0.3, -0.25) is 0 Å². The van der Waals surface area contributed by atoms with E-state index in [1.165, 1.54) is 5.57 Å². The molecule has 0 unspecified atom stereocenters. The van der Waals surface area contributed by atoms with Crippen molar-refractivity contribution in [3.8, 4) is 0 Å². The number of hydrogen-bond acceptors (Lipinski definition) is 5. The highest BCUT2D eigenvalue weighted by molar-refractivity contribution is 5.24. The third-order valence-electron chi connectivity index (χ3n) is 8.10. The Morgan fingerprint density at radius 3 is 2.40 bits per heavy atom. The molecule has 0 radical (unpaired) electrons. The predicted octanol–water partition coefficient (Wildman–Crippen LogP) is 1.22. The fourth-order valence-corrected chi connectivity index (χ4v) is 6.21. The van der Waals surface area contributed by atoms with E-state index in [-0.39, 0.29) is 23.9 Å². The van der Waals surface area contributed by atoms with E-state index in [1.54, 1.807) is 0 Å². The molecule has 2 saturated carbocycles. The standard InChI is InChI=1S/C20H34O5/c1-18-8-7-17(24)19(2,10-21)16(18)6-3-13-9-14(4-5-15(13)18)20(25,11-22)12-23/h3,14-17,21-25H,4-12H2,1-2H3/t14-,15-,16+,17-,18+,19-/m1/s1. The lowest BCUT2D eigenvalue weighted by molar-refractivity contribution is -0.152. The van der Waals surface area contributed by atoms with Crippen molar-refractivity contribution in [2.75, 3.05) is 19.8 Å². The quantitative estimate of drug-likeness (QED) is 0.489. The monoisotopic (exact) mass is 354 g/mol. The third kappa shape index (κ3) is 2.79. The van der Waals surface area contributed by atoms with Gasteiger partial charge in [-0.15, -0.1) is 0 Å². The van der Waals surface area contributed by atoms with Crippen molar-refractivity contribution in [3.05, 3.63) is 11.6 Å². The predicted molar refractivity (Wildman–Crippen MR) is 94.7 cm³/mol. The lowest BCUT2D eigenvalue weighted by atomic mass is 9.45. The number of hydrogen-bond donors (Lipinski definition) is 5. The summed E-state index contributed by atoms with van der Waals surface area (Å²) in [5, 5.41) is 50.1. The first-order valence-corrected chi connectivity index (χ1v) is 9.67. The Morgan fingerprint density at radius 1 is 1.12 bits per heavy atom. The first-order chi connectivity index (χ1) is 11.7. The van der Waals surface area contributed by atoms with E-state index >= 15 is 0 Å². The molecule has 0 saturated heterocycles. The zero-order chi connectivity index (χ0) is 18.5. The first-order valence-electron chi connectivity index (χ1n) is 9.67. The highest BCUT2D eigenvalue weighted by atomic mass is 16.4. The van der Waals surface area contributed by atoms with Gasteiger partial charge in [-0.05, 0) is 61.7 Å². The van der Waals surface area contributed by atoms with Gasteiger partial charge >= 0.3 is 0 Å². The van der Waals surface area contributed by atoms with Crippen molar-refractivity contribution in [2.24, 2.45) is 28.6 Å². The van der Waals surface area contributed by atoms with Crippen LogP contribution in [0.15, 0.2) is 11.6 Å². The Balaban J connectivity index is 1.88. The van der Waals surface area contributed by atoms with Gasteiger partial charge in [0.1, 0.15) is 5.60 Å². The van der Waals surface area contributed by atoms with Crippen LogP contribution in [0.2, 0.25) is 0 Å². The van der Waals surface area contributed by atoms with E-state index in [2.05, 4.69) is 13.0 Å². The van der Waals surface area contributed by atoms with E-state index in [0.29, 0.717) is 18.8 Å². The van der Waals surface area contributed by atoms with E-state index in [0.717, 1.165) is 25.7 Å². The van der Waals surface area contributed by atoms with Gasteiger partial charge in [-0.1, -0.05) is 25.5 Å². The Morgan fingerprint density at radius 2 is 1.80 bits per heavy atom. The molecule has 3 aliphatic carbocycles. The Hall–Kier alpha value is -0.460. The number of fused-ring (bicyclic) bond motifs is 3. The summed E-state index contributed by atoms with van der Waals surface area (Å²) in [6, 6.07) is 0. The molecule has 0 heterocycles. The van der Waals surface area contributed by atoms with Crippen LogP contribution in [-0.4, -0.2) is 57.1 Å². The molecule has 0 aromatic carbocycles. The number of aliphatic hydroxyl groups excluding tert-OH is 4. The summed E-state index contributed by atoms with van der Waals surface area (Å²) in [6.07, 6.45) is 6.69. The largest absolute Gasteiger partial charge is 0.396 e. The maximum Gasteiger partial charge on any atom is 0.114 e.